The van der Waals surface area contributed by atoms with Gasteiger partial charge >= 0.3 is 5.97 Å². The fraction of sp³-hybridized carbons (Fsp3) is 0.111. The second-order valence-corrected chi connectivity index (χ2v) is 3.96. The van der Waals surface area contributed by atoms with Gasteiger partial charge in [0, 0.05) is 0 Å². The van der Waals surface area contributed by atoms with E-state index in [9.17, 15) is 14.9 Å². The fourth-order valence-electron chi connectivity index (χ4n) is 1.49. The first-order valence-corrected chi connectivity index (χ1v) is 5.24. The number of carbonyl (C=O) groups is 1. The summed E-state index contributed by atoms with van der Waals surface area (Å²) in [5, 5.41) is 17.6. The summed E-state index contributed by atoms with van der Waals surface area (Å²) in [7, 11) is 1.21. The minimum atomic E-state index is -0.656. The largest absolute Gasteiger partial charge is 0.465 e. The molecule has 2 aromatic rings. The van der Waals surface area contributed by atoms with Gasteiger partial charge in [-0.05, 0) is 22.0 Å². The smallest absolute Gasteiger partial charge is 0.339 e. The number of aromatic amines is 1. The minimum Gasteiger partial charge on any atom is -0.465 e. The van der Waals surface area contributed by atoms with Gasteiger partial charge in [-0.1, -0.05) is 0 Å². The Bertz CT molecular complexity index is 622. The highest BCUT2D eigenvalue weighted by Gasteiger charge is 2.25. The van der Waals surface area contributed by atoms with Gasteiger partial charge in [-0.15, -0.1) is 0 Å². The van der Waals surface area contributed by atoms with E-state index in [-0.39, 0.29) is 15.7 Å². The van der Waals surface area contributed by atoms with E-state index in [1.807, 2.05) is 0 Å². The zero-order valence-electron chi connectivity index (χ0n) is 8.56. The van der Waals surface area contributed by atoms with Gasteiger partial charge in [-0.2, -0.15) is 5.10 Å². The molecule has 7 nitrogen and oxygen atoms in total. The van der Waals surface area contributed by atoms with Crippen molar-refractivity contribution in [3.05, 3.63) is 32.4 Å². The molecule has 0 aliphatic carbocycles. The van der Waals surface area contributed by atoms with Crippen molar-refractivity contribution in [2.24, 2.45) is 0 Å². The Morgan fingerprint density at radius 1 is 1.65 bits per heavy atom. The molecule has 0 aliphatic rings. The number of benzene rings is 1. The Morgan fingerprint density at radius 2 is 2.35 bits per heavy atom. The molecule has 1 aromatic heterocycles. The molecule has 17 heavy (non-hydrogen) atoms. The molecule has 0 spiro atoms. The van der Waals surface area contributed by atoms with E-state index in [1.165, 1.54) is 19.4 Å². The molecular weight excluding hydrogens is 294 g/mol. The van der Waals surface area contributed by atoms with Gasteiger partial charge in [0.05, 0.1) is 34.7 Å². The lowest BCUT2D eigenvalue weighted by Gasteiger charge is -2.03. The lowest BCUT2D eigenvalue weighted by atomic mass is 10.1. The number of carbonyl (C=O) groups excluding carboxylic acids is 1. The standard InChI is InChI=1S/C9H6BrN3O4/c1-17-9(14)4-2-6-5(3-11-12-6)8(7(4)10)13(15)16/h2-3H,1H3,(H,11,12). The van der Waals surface area contributed by atoms with E-state index in [0.717, 1.165) is 0 Å². The molecule has 1 N–H and O–H groups in total. The average molecular weight is 300 g/mol. The number of ether oxygens (including phenoxy) is 1. The summed E-state index contributed by atoms with van der Waals surface area (Å²) in [5.41, 5.74) is 0.271. The number of nitro benzene ring substituents is 1. The lowest BCUT2D eigenvalue weighted by Crippen LogP contribution is -2.04. The summed E-state index contributed by atoms with van der Waals surface area (Å²) in [6, 6.07) is 1.45. The number of nitrogens with zero attached hydrogens (tertiary/aromatic N) is 2. The summed E-state index contributed by atoms with van der Waals surface area (Å²) in [6.07, 6.45) is 1.33. The van der Waals surface area contributed by atoms with Crippen molar-refractivity contribution in [2.45, 2.75) is 0 Å². The Balaban J connectivity index is 2.84. The molecule has 0 atom stereocenters. The van der Waals surface area contributed by atoms with Crippen LogP contribution in [-0.4, -0.2) is 28.2 Å². The number of nitro groups is 1. The van der Waals surface area contributed by atoms with E-state index in [4.69, 9.17) is 0 Å². The maximum atomic E-state index is 11.5. The third-order valence-corrected chi connectivity index (χ3v) is 3.05. The monoisotopic (exact) mass is 299 g/mol. The molecule has 1 aromatic carbocycles. The Hall–Kier alpha value is -1.96. The van der Waals surface area contributed by atoms with E-state index in [1.54, 1.807) is 0 Å². The summed E-state index contributed by atoms with van der Waals surface area (Å²) in [6.45, 7) is 0. The third-order valence-electron chi connectivity index (χ3n) is 2.24. The normalized spacial score (nSPS) is 10.5. The zero-order chi connectivity index (χ0) is 12.6. The second-order valence-electron chi connectivity index (χ2n) is 3.17. The Morgan fingerprint density at radius 3 is 2.94 bits per heavy atom. The van der Waals surface area contributed by atoms with Gasteiger partial charge in [-0.25, -0.2) is 4.79 Å². The number of halogens is 1. The van der Waals surface area contributed by atoms with Crippen LogP contribution >= 0.6 is 15.9 Å². The minimum absolute atomic E-state index is 0.0796. The molecule has 88 valence electrons. The number of nitrogens with one attached hydrogen (secondary N) is 1. The first-order chi connectivity index (χ1) is 8.06. The number of hydrogen-bond donors (Lipinski definition) is 1. The molecule has 0 saturated heterocycles. The highest BCUT2D eigenvalue weighted by molar-refractivity contribution is 9.10. The van der Waals surface area contributed by atoms with Crippen LogP contribution in [0, 0.1) is 10.1 Å². The van der Waals surface area contributed by atoms with E-state index in [2.05, 4.69) is 30.9 Å². The van der Waals surface area contributed by atoms with Crippen LogP contribution in [0.25, 0.3) is 10.9 Å². The van der Waals surface area contributed by atoms with E-state index < -0.39 is 10.9 Å². The lowest BCUT2D eigenvalue weighted by molar-refractivity contribution is -0.383. The number of hydrogen-bond acceptors (Lipinski definition) is 5. The molecular formula is C9H6BrN3O4. The highest BCUT2D eigenvalue weighted by Crippen LogP contribution is 2.35. The van der Waals surface area contributed by atoms with Crippen LogP contribution in [0.4, 0.5) is 5.69 Å². The number of methoxy groups -OCH3 is 1. The van der Waals surface area contributed by atoms with Crippen LogP contribution in [0.2, 0.25) is 0 Å². The van der Waals surface area contributed by atoms with Crippen LogP contribution < -0.4 is 0 Å². The summed E-state index contributed by atoms with van der Waals surface area (Å²) >= 11 is 3.04. The molecule has 8 heteroatoms. The molecule has 0 unspecified atom stereocenters. The number of aromatic nitrogens is 2. The fourth-order valence-corrected chi connectivity index (χ4v) is 2.12. The quantitative estimate of drug-likeness (QED) is 0.519. The molecule has 1 heterocycles. The van der Waals surface area contributed by atoms with E-state index in [0.29, 0.717) is 10.9 Å². The van der Waals surface area contributed by atoms with Crippen molar-refractivity contribution in [1.29, 1.82) is 0 Å². The third kappa shape index (κ3) is 1.76. The molecule has 0 fully saturated rings. The number of esters is 1. The molecule has 2 rings (SSSR count). The zero-order valence-corrected chi connectivity index (χ0v) is 10.1. The van der Waals surface area contributed by atoms with Crippen LogP contribution in [0.1, 0.15) is 10.4 Å². The van der Waals surface area contributed by atoms with Crippen LogP contribution in [0.3, 0.4) is 0 Å². The first kappa shape index (κ1) is 11.5. The van der Waals surface area contributed by atoms with Crippen LogP contribution in [0.5, 0.6) is 0 Å². The predicted molar refractivity (Wildman–Crippen MR) is 61.8 cm³/mol. The molecule has 0 amide bonds. The predicted octanol–water partition coefficient (Wildman–Crippen LogP) is 2.02. The van der Waals surface area contributed by atoms with Crippen molar-refractivity contribution in [1.82, 2.24) is 10.2 Å². The van der Waals surface area contributed by atoms with Crippen molar-refractivity contribution in [3.63, 3.8) is 0 Å². The number of fused-ring (bicyclic) bond motifs is 1. The van der Waals surface area contributed by atoms with Crippen molar-refractivity contribution in [3.8, 4) is 0 Å². The molecule has 0 bridgehead atoms. The van der Waals surface area contributed by atoms with Gasteiger partial charge in [-0.3, -0.25) is 15.2 Å². The Labute approximate surface area is 103 Å². The van der Waals surface area contributed by atoms with E-state index >= 15 is 0 Å². The SMILES string of the molecule is COC(=O)c1cc2[nH]ncc2c([N+](=O)[O-])c1Br. The first-order valence-electron chi connectivity index (χ1n) is 4.44. The molecule has 0 saturated carbocycles. The molecule has 0 aliphatic heterocycles. The van der Waals surface area contributed by atoms with Gasteiger partial charge in [0.2, 0.25) is 0 Å². The summed E-state index contributed by atoms with van der Waals surface area (Å²) in [4.78, 5) is 21.9. The average Bonchev–Trinajstić information content (AvgIpc) is 2.73. The van der Waals surface area contributed by atoms with Crippen molar-refractivity contribution >= 4 is 38.5 Å². The van der Waals surface area contributed by atoms with Gasteiger partial charge in [0.25, 0.3) is 5.69 Å². The maximum absolute atomic E-state index is 11.5. The molecule has 0 radical (unpaired) electrons. The van der Waals surface area contributed by atoms with Crippen molar-refractivity contribution in [2.75, 3.05) is 7.11 Å². The highest BCUT2D eigenvalue weighted by atomic mass is 79.9. The topological polar surface area (TPSA) is 98.1 Å². The van der Waals surface area contributed by atoms with Crippen LogP contribution in [-0.2, 0) is 4.74 Å². The number of H-pyrrole nitrogens is 1. The maximum Gasteiger partial charge on any atom is 0.339 e. The summed E-state index contributed by atoms with van der Waals surface area (Å²) < 4.78 is 4.64. The summed E-state index contributed by atoms with van der Waals surface area (Å²) in [5.74, 6) is -0.656. The van der Waals surface area contributed by atoms with Crippen molar-refractivity contribution < 1.29 is 14.5 Å². The Kier molecular flexibility index (Phi) is 2.80. The van der Waals surface area contributed by atoms with Crippen LogP contribution in [0.15, 0.2) is 16.7 Å². The number of rotatable bonds is 2. The second kappa shape index (κ2) is 4.13. The van der Waals surface area contributed by atoms with Gasteiger partial charge in [0.1, 0.15) is 4.47 Å². The van der Waals surface area contributed by atoms with Gasteiger partial charge < -0.3 is 4.74 Å². The van der Waals surface area contributed by atoms with Gasteiger partial charge in [0.15, 0.2) is 0 Å².